The summed E-state index contributed by atoms with van der Waals surface area (Å²) in [5.41, 5.74) is 1.95. The molecule has 1 aliphatic carbocycles. The van der Waals surface area contributed by atoms with E-state index in [-0.39, 0.29) is 16.1 Å². The van der Waals surface area contributed by atoms with Gasteiger partial charge in [0, 0.05) is 42.5 Å². The minimum atomic E-state index is -4.35. The summed E-state index contributed by atoms with van der Waals surface area (Å²) in [7, 11) is -4.35. The minimum absolute atomic E-state index is 0.0769. The first-order valence-electron chi connectivity index (χ1n) is 10.9. The van der Waals surface area contributed by atoms with Gasteiger partial charge in [0.15, 0.2) is 0 Å². The second kappa shape index (κ2) is 8.01. The van der Waals surface area contributed by atoms with Crippen molar-refractivity contribution in [1.29, 1.82) is 0 Å². The molecule has 0 bridgehead atoms. The second-order valence-electron chi connectivity index (χ2n) is 9.09. The molecule has 2 fully saturated rings. The quantitative estimate of drug-likeness (QED) is 0.388. The molecule has 11 heteroatoms. The monoisotopic (exact) mass is 481 g/mol. The SMILES string of the molecule is Cc1nc(N2CC3(CCC3)C2)ccc1Cn1cc(C(=O)S(=O)(=O)c2ccc([N+](=O)[O-])cc2)cn1. The molecule has 1 saturated heterocycles. The van der Waals surface area contributed by atoms with Gasteiger partial charge in [0.25, 0.3) is 10.8 Å². The molecular formula is C23H23N5O5S. The zero-order valence-corrected chi connectivity index (χ0v) is 19.4. The predicted molar refractivity (Wildman–Crippen MR) is 123 cm³/mol. The number of anilines is 1. The summed E-state index contributed by atoms with van der Waals surface area (Å²) < 4.78 is 26.8. The fourth-order valence-corrected chi connectivity index (χ4v) is 5.70. The maximum Gasteiger partial charge on any atom is 0.284 e. The molecule has 5 rings (SSSR count). The van der Waals surface area contributed by atoms with Crippen LogP contribution in [0.2, 0.25) is 0 Å². The summed E-state index contributed by atoms with van der Waals surface area (Å²) in [5.74, 6) is 0.962. The number of non-ortho nitro benzene ring substituents is 1. The Bertz CT molecular complexity index is 1390. The number of nitro groups is 1. The van der Waals surface area contributed by atoms with Crippen LogP contribution < -0.4 is 4.90 Å². The summed E-state index contributed by atoms with van der Waals surface area (Å²) in [6, 6.07) is 8.18. The van der Waals surface area contributed by atoms with Crippen molar-refractivity contribution in [2.45, 2.75) is 37.6 Å². The highest BCUT2D eigenvalue weighted by Gasteiger charge is 2.47. The number of nitrogens with zero attached hydrogens (tertiary/aromatic N) is 5. The molecule has 10 nitrogen and oxygen atoms in total. The highest BCUT2D eigenvalue weighted by molar-refractivity contribution is 8.06. The number of nitro benzene ring substituents is 1. The van der Waals surface area contributed by atoms with Gasteiger partial charge in [-0.3, -0.25) is 19.6 Å². The molecule has 0 atom stereocenters. The van der Waals surface area contributed by atoms with Gasteiger partial charge in [-0.1, -0.05) is 12.5 Å². The molecule has 176 valence electrons. The van der Waals surface area contributed by atoms with E-state index in [1.54, 1.807) is 0 Å². The maximum absolute atomic E-state index is 12.7. The van der Waals surface area contributed by atoms with Gasteiger partial charge in [0.2, 0.25) is 9.84 Å². The molecule has 34 heavy (non-hydrogen) atoms. The van der Waals surface area contributed by atoms with E-state index in [2.05, 4.69) is 10.00 Å². The maximum atomic E-state index is 12.7. The van der Waals surface area contributed by atoms with Crippen molar-refractivity contribution in [2.24, 2.45) is 5.41 Å². The third-order valence-electron chi connectivity index (χ3n) is 6.77. The van der Waals surface area contributed by atoms with Gasteiger partial charge in [-0.15, -0.1) is 0 Å². The van der Waals surface area contributed by atoms with Gasteiger partial charge in [0.05, 0.1) is 28.1 Å². The number of aromatic nitrogens is 3. The van der Waals surface area contributed by atoms with Crippen LogP contribution in [0.15, 0.2) is 53.7 Å². The topological polar surface area (TPSA) is 128 Å². The Hall–Kier alpha value is -3.60. The van der Waals surface area contributed by atoms with Crippen molar-refractivity contribution in [1.82, 2.24) is 14.8 Å². The molecule has 2 aromatic heterocycles. The van der Waals surface area contributed by atoms with E-state index in [1.165, 1.54) is 36.3 Å². The average molecular weight is 482 g/mol. The van der Waals surface area contributed by atoms with Crippen LogP contribution in [0.1, 0.15) is 40.9 Å². The molecule has 1 saturated carbocycles. The van der Waals surface area contributed by atoms with Crippen molar-refractivity contribution in [3.8, 4) is 0 Å². The third kappa shape index (κ3) is 3.85. The highest BCUT2D eigenvalue weighted by atomic mass is 32.2. The molecule has 0 radical (unpaired) electrons. The molecular weight excluding hydrogens is 458 g/mol. The third-order valence-corrected chi connectivity index (χ3v) is 8.39. The van der Waals surface area contributed by atoms with Gasteiger partial charge in [-0.05, 0) is 43.5 Å². The van der Waals surface area contributed by atoms with E-state index in [1.807, 2.05) is 19.1 Å². The van der Waals surface area contributed by atoms with Crippen molar-refractivity contribution in [3.63, 3.8) is 0 Å². The smallest absolute Gasteiger partial charge is 0.284 e. The van der Waals surface area contributed by atoms with Gasteiger partial charge < -0.3 is 4.90 Å². The molecule has 0 N–H and O–H groups in total. The molecule has 1 aliphatic heterocycles. The lowest BCUT2D eigenvalue weighted by Crippen LogP contribution is -2.60. The zero-order valence-electron chi connectivity index (χ0n) is 18.5. The molecule has 1 spiro atoms. The van der Waals surface area contributed by atoms with Crippen molar-refractivity contribution in [3.05, 3.63) is 75.7 Å². The van der Waals surface area contributed by atoms with Crippen molar-refractivity contribution in [2.75, 3.05) is 18.0 Å². The molecule has 0 unspecified atom stereocenters. The summed E-state index contributed by atoms with van der Waals surface area (Å²) in [4.78, 5) is 29.5. The molecule has 3 heterocycles. The molecule has 2 aliphatic rings. The minimum Gasteiger partial charge on any atom is -0.355 e. The number of pyridine rings is 1. The Morgan fingerprint density at radius 3 is 2.44 bits per heavy atom. The number of carbonyl (C=O) groups excluding carboxylic acids is 1. The van der Waals surface area contributed by atoms with E-state index in [0.29, 0.717) is 12.0 Å². The summed E-state index contributed by atoms with van der Waals surface area (Å²) in [6.45, 7) is 4.39. The fraction of sp³-hybridized carbons (Fsp3) is 0.348. The lowest BCUT2D eigenvalue weighted by Gasteiger charge is -2.56. The lowest BCUT2D eigenvalue weighted by atomic mass is 9.63. The number of hydrogen-bond acceptors (Lipinski definition) is 8. The number of sulfone groups is 1. The van der Waals surface area contributed by atoms with Gasteiger partial charge in [-0.2, -0.15) is 5.10 Å². The average Bonchev–Trinajstić information content (AvgIpc) is 3.21. The molecule has 3 aromatic rings. The van der Waals surface area contributed by atoms with E-state index in [4.69, 9.17) is 4.98 Å². The Kier molecular flexibility index (Phi) is 5.23. The van der Waals surface area contributed by atoms with Crippen LogP contribution in [0.5, 0.6) is 0 Å². The Morgan fingerprint density at radius 1 is 1.15 bits per heavy atom. The number of carbonyl (C=O) groups is 1. The summed E-state index contributed by atoms with van der Waals surface area (Å²) in [5, 5.41) is 13.8. The van der Waals surface area contributed by atoms with Crippen molar-refractivity contribution >= 4 is 26.5 Å². The molecule has 0 amide bonds. The first-order chi connectivity index (χ1) is 16.2. The number of rotatable bonds is 6. The summed E-state index contributed by atoms with van der Waals surface area (Å²) in [6.07, 6.45) is 6.53. The van der Waals surface area contributed by atoms with Crippen LogP contribution in [0.25, 0.3) is 0 Å². The normalized spacial score (nSPS) is 16.7. The summed E-state index contributed by atoms with van der Waals surface area (Å²) >= 11 is 0. The van der Waals surface area contributed by atoms with Crippen LogP contribution in [-0.2, 0) is 16.4 Å². The van der Waals surface area contributed by atoms with Crippen LogP contribution in [0.4, 0.5) is 11.5 Å². The Balaban J connectivity index is 1.28. The standard InChI is InChI=1S/C23H23N5O5S/c1-16-17(3-8-21(25-16)26-14-23(15-26)9-2-10-23)12-27-13-18(11-24-27)22(29)34(32,33)20-6-4-19(5-7-20)28(30)31/h3-8,11,13H,2,9-10,12,14-15H2,1H3. The van der Waals surface area contributed by atoms with E-state index in [0.717, 1.165) is 54.4 Å². The van der Waals surface area contributed by atoms with Crippen LogP contribution in [0.3, 0.4) is 0 Å². The van der Waals surface area contributed by atoms with E-state index in [9.17, 15) is 23.3 Å². The van der Waals surface area contributed by atoms with Gasteiger partial charge >= 0.3 is 0 Å². The van der Waals surface area contributed by atoms with Crippen LogP contribution in [-0.4, -0.2) is 46.3 Å². The van der Waals surface area contributed by atoms with Crippen LogP contribution in [0, 0.1) is 22.5 Å². The Labute approximate surface area is 196 Å². The largest absolute Gasteiger partial charge is 0.355 e. The highest BCUT2D eigenvalue weighted by Crippen LogP contribution is 2.49. The van der Waals surface area contributed by atoms with E-state index >= 15 is 0 Å². The van der Waals surface area contributed by atoms with Crippen molar-refractivity contribution < 1.29 is 18.1 Å². The number of aryl methyl sites for hydroxylation is 1. The first-order valence-corrected chi connectivity index (χ1v) is 12.4. The second-order valence-corrected chi connectivity index (χ2v) is 10.9. The van der Waals surface area contributed by atoms with Gasteiger partial charge in [-0.25, -0.2) is 13.4 Å². The number of hydrogen-bond donors (Lipinski definition) is 0. The Morgan fingerprint density at radius 2 is 1.85 bits per heavy atom. The van der Waals surface area contributed by atoms with E-state index < -0.39 is 19.9 Å². The lowest BCUT2D eigenvalue weighted by molar-refractivity contribution is -0.384. The predicted octanol–water partition coefficient (Wildman–Crippen LogP) is 3.15. The zero-order chi connectivity index (χ0) is 24.1. The van der Waals surface area contributed by atoms with Gasteiger partial charge in [0.1, 0.15) is 5.82 Å². The molecule has 1 aromatic carbocycles. The first kappa shape index (κ1) is 22.2. The van der Waals surface area contributed by atoms with Crippen LogP contribution >= 0.6 is 0 Å². The number of benzene rings is 1. The fourth-order valence-electron chi connectivity index (χ4n) is 4.58.